The van der Waals surface area contributed by atoms with E-state index in [1.165, 1.54) is 6.07 Å². The minimum Gasteiger partial charge on any atom is -0.507 e. The predicted octanol–water partition coefficient (Wildman–Crippen LogP) is 2.78. The molecule has 0 radical (unpaired) electrons. The van der Waals surface area contributed by atoms with E-state index in [9.17, 15) is 9.90 Å². The van der Waals surface area contributed by atoms with Gasteiger partial charge in [0.1, 0.15) is 17.6 Å². The van der Waals surface area contributed by atoms with E-state index < -0.39 is 0 Å². The molecule has 19 heavy (non-hydrogen) atoms. The third-order valence-corrected chi connectivity index (χ3v) is 3.48. The Morgan fingerprint density at radius 1 is 1.53 bits per heavy atom. The van der Waals surface area contributed by atoms with E-state index in [1.807, 2.05) is 22.6 Å². The molecule has 5 nitrogen and oxygen atoms in total. The van der Waals surface area contributed by atoms with Crippen LogP contribution in [0.2, 0.25) is 0 Å². The molecule has 1 aromatic carbocycles. The van der Waals surface area contributed by atoms with Crippen molar-refractivity contribution in [1.29, 1.82) is 0 Å². The number of phenols is 1. The number of amides is 1. The fourth-order valence-electron chi connectivity index (χ4n) is 1.57. The smallest absolute Gasteiger partial charge is 0.252 e. The van der Waals surface area contributed by atoms with Gasteiger partial charge in [-0.05, 0) is 54.6 Å². The second kappa shape index (κ2) is 5.60. The summed E-state index contributed by atoms with van der Waals surface area (Å²) in [7, 11) is 0. The first kappa shape index (κ1) is 13.9. The number of carbonyl (C=O) groups is 1. The van der Waals surface area contributed by atoms with Crippen LogP contribution in [-0.2, 0) is 0 Å². The minimum atomic E-state index is -0.331. The molecule has 0 saturated heterocycles. The van der Waals surface area contributed by atoms with Crippen LogP contribution < -0.4 is 5.32 Å². The summed E-state index contributed by atoms with van der Waals surface area (Å²) < 4.78 is 6.05. The van der Waals surface area contributed by atoms with Crippen LogP contribution in [0.25, 0.3) is 0 Å². The van der Waals surface area contributed by atoms with E-state index in [4.69, 9.17) is 4.42 Å². The molecule has 100 valence electrons. The molecule has 0 aliphatic rings. The van der Waals surface area contributed by atoms with Gasteiger partial charge in [-0.1, -0.05) is 0 Å². The number of aryl methyl sites for hydroxylation is 1. The lowest BCUT2D eigenvalue weighted by molar-refractivity contribution is 0.0933. The van der Waals surface area contributed by atoms with E-state index in [2.05, 4.69) is 10.3 Å². The fraction of sp³-hybridized carbons (Fsp3) is 0.231. The van der Waals surface area contributed by atoms with E-state index in [0.717, 1.165) is 0 Å². The highest BCUT2D eigenvalue weighted by Gasteiger charge is 2.16. The third-order valence-electron chi connectivity index (χ3n) is 2.57. The van der Waals surface area contributed by atoms with Crippen molar-refractivity contribution in [2.45, 2.75) is 19.9 Å². The van der Waals surface area contributed by atoms with Gasteiger partial charge in [0.2, 0.25) is 5.89 Å². The van der Waals surface area contributed by atoms with Crippen LogP contribution in [0, 0.1) is 10.5 Å². The second-order valence-electron chi connectivity index (χ2n) is 4.17. The van der Waals surface area contributed by atoms with Gasteiger partial charge in [0.05, 0.1) is 9.77 Å². The van der Waals surface area contributed by atoms with Gasteiger partial charge in [0.15, 0.2) is 0 Å². The third kappa shape index (κ3) is 3.25. The molecule has 1 atom stereocenters. The number of hydrogen-bond acceptors (Lipinski definition) is 4. The molecule has 1 aromatic heterocycles. The average molecular weight is 372 g/mol. The number of halogens is 1. The average Bonchev–Trinajstić information content (AvgIpc) is 2.79. The van der Waals surface area contributed by atoms with Crippen molar-refractivity contribution in [1.82, 2.24) is 10.3 Å². The van der Waals surface area contributed by atoms with Crippen LogP contribution in [0.15, 0.2) is 28.8 Å². The Morgan fingerprint density at radius 2 is 2.26 bits per heavy atom. The Kier molecular flexibility index (Phi) is 4.08. The Balaban J connectivity index is 2.10. The maximum Gasteiger partial charge on any atom is 0.252 e. The van der Waals surface area contributed by atoms with Crippen LogP contribution in [0.5, 0.6) is 5.75 Å². The van der Waals surface area contributed by atoms with Crippen LogP contribution >= 0.6 is 22.6 Å². The maximum absolute atomic E-state index is 12.0. The summed E-state index contributed by atoms with van der Waals surface area (Å²) >= 11 is 2.00. The molecule has 2 aromatic rings. The second-order valence-corrected chi connectivity index (χ2v) is 5.33. The first-order valence-corrected chi connectivity index (χ1v) is 6.77. The fourth-order valence-corrected chi connectivity index (χ4v) is 1.90. The summed E-state index contributed by atoms with van der Waals surface area (Å²) in [5.74, 6) is 0.964. The van der Waals surface area contributed by atoms with Gasteiger partial charge in [-0.25, -0.2) is 4.98 Å². The monoisotopic (exact) mass is 372 g/mol. The molecule has 0 aliphatic heterocycles. The number of carbonyl (C=O) groups excluding carboxylic acids is 1. The molecular formula is C13H13IN2O3. The van der Waals surface area contributed by atoms with Crippen LogP contribution in [0.3, 0.4) is 0 Å². The molecule has 1 unspecified atom stereocenters. The van der Waals surface area contributed by atoms with Gasteiger partial charge < -0.3 is 14.8 Å². The lowest BCUT2D eigenvalue weighted by atomic mass is 10.2. The molecule has 1 amide bonds. The topological polar surface area (TPSA) is 75.4 Å². The van der Waals surface area contributed by atoms with Gasteiger partial charge in [0.25, 0.3) is 5.91 Å². The molecule has 0 spiro atoms. The summed E-state index contributed by atoms with van der Waals surface area (Å²) in [4.78, 5) is 16.1. The highest BCUT2D eigenvalue weighted by atomic mass is 127. The van der Waals surface area contributed by atoms with Crippen molar-refractivity contribution in [3.8, 4) is 5.75 Å². The van der Waals surface area contributed by atoms with Crippen molar-refractivity contribution < 1.29 is 14.3 Å². The van der Waals surface area contributed by atoms with E-state index in [-0.39, 0.29) is 17.7 Å². The normalized spacial score (nSPS) is 12.2. The lowest BCUT2D eigenvalue weighted by Crippen LogP contribution is -2.26. The summed E-state index contributed by atoms with van der Waals surface area (Å²) in [5, 5.41) is 12.3. The summed E-state index contributed by atoms with van der Waals surface area (Å²) in [6.07, 6.45) is 1.61. The van der Waals surface area contributed by atoms with Crippen LogP contribution in [-0.4, -0.2) is 16.0 Å². The molecule has 6 heteroatoms. The number of aromatic nitrogens is 1. The van der Waals surface area contributed by atoms with Gasteiger partial charge >= 0.3 is 0 Å². The maximum atomic E-state index is 12.0. The highest BCUT2D eigenvalue weighted by Crippen LogP contribution is 2.21. The highest BCUT2D eigenvalue weighted by molar-refractivity contribution is 14.1. The summed E-state index contributed by atoms with van der Waals surface area (Å²) in [6, 6.07) is 4.45. The lowest BCUT2D eigenvalue weighted by Gasteiger charge is -2.10. The predicted molar refractivity (Wildman–Crippen MR) is 77.9 cm³/mol. The molecule has 0 aliphatic carbocycles. The summed E-state index contributed by atoms with van der Waals surface area (Å²) in [5.41, 5.74) is 0.396. The van der Waals surface area contributed by atoms with Crippen molar-refractivity contribution in [3.63, 3.8) is 0 Å². The molecule has 0 fully saturated rings. The number of nitrogens with one attached hydrogen (secondary N) is 1. The van der Waals surface area contributed by atoms with E-state index in [0.29, 0.717) is 20.8 Å². The summed E-state index contributed by atoms with van der Waals surface area (Å²) in [6.45, 7) is 3.58. The van der Waals surface area contributed by atoms with Gasteiger partial charge in [-0.2, -0.15) is 0 Å². The Bertz CT molecular complexity index is 610. The molecule has 2 rings (SSSR count). The zero-order valence-electron chi connectivity index (χ0n) is 10.5. The van der Waals surface area contributed by atoms with Crippen molar-refractivity contribution >= 4 is 28.5 Å². The molecule has 2 N–H and O–H groups in total. The number of oxazole rings is 1. The molecule has 0 saturated carbocycles. The SMILES string of the molecule is Cc1cnc(C(C)NC(=O)c2ccc(I)c(O)c2)o1. The Morgan fingerprint density at radius 3 is 2.84 bits per heavy atom. The molecule has 0 bridgehead atoms. The number of rotatable bonds is 3. The largest absolute Gasteiger partial charge is 0.507 e. The molecular weight excluding hydrogens is 359 g/mol. The quantitative estimate of drug-likeness (QED) is 0.813. The number of nitrogens with zero attached hydrogens (tertiary/aromatic N) is 1. The molecule has 1 heterocycles. The van der Waals surface area contributed by atoms with E-state index >= 15 is 0 Å². The van der Waals surface area contributed by atoms with Gasteiger partial charge in [-0.15, -0.1) is 0 Å². The minimum absolute atomic E-state index is 0.0906. The van der Waals surface area contributed by atoms with Crippen LogP contribution in [0.4, 0.5) is 0 Å². The van der Waals surface area contributed by atoms with Crippen molar-refractivity contribution in [3.05, 3.63) is 45.2 Å². The standard InChI is InChI=1S/C13H13IN2O3/c1-7-6-15-13(19-7)8(2)16-12(18)9-3-4-10(14)11(17)5-9/h3-6,8,17H,1-2H3,(H,16,18). The first-order chi connectivity index (χ1) is 8.97. The van der Waals surface area contributed by atoms with Gasteiger partial charge in [-0.3, -0.25) is 4.79 Å². The Hall–Kier alpha value is -1.57. The number of hydrogen-bond donors (Lipinski definition) is 2. The number of benzene rings is 1. The zero-order chi connectivity index (χ0) is 14.0. The van der Waals surface area contributed by atoms with Crippen molar-refractivity contribution in [2.75, 3.05) is 0 Å². The number of aromatic hydroxyl groups is 1. The van der Waals surface area contributed by atoms with E-state index in [1.54, 1.807) is 32.2 Å². The Labute approximate surface area is 124 Å². The van der Waals surface area contributed by atoms with Crippen LogP contribution in [0.1, 0.15) is 35.0 Å². The van der Waals surface area contributed by atoms with Crippen molar-refractivity contribution in [2.24, 2.45) is 0 Å². The first-order valence-electron chi connectivity index (χ1n) is 5.69. The van der Waals surface area contributed by atoms with Gasteiger partial charge in [0, 0.05) is 5.56 Å². The number of phenolic OH excluding ortho intramolecular Hbond substituents is 1. The zero-order valence-corrected chi connectivity index (χ0v) is 12.6.